The molecule has 6 aromatic rings. The number of carbonyl (C=O) groups is 6. The van der Waals surface area contributed by atoms with Crippen molar-refractivity contribution in [2.24, 2.45) is 47.3 Å². The van der Waals surface area contributed by atoms with Gasteiger partial charge in [0.2, 0.25) is 0 Å². The first-order valence-electron chi connectivity index (χ1n) is 37.8. The molecule has 6 amide bonds. The number of ether oxygens (including phenoxy) is 6. The fourth-order valence-electron chi connectivity index (χ4n) is 11.3. The van der Waals surface area contributed by atoms with E-state index in [2.05, 4.69) is 207 Å². The molecule has 111 heavy (non-hydrogen) atoms. The highest BCUT2D eigenvalue weighted by atomic mass is 16.6. The monoisotopic (exact) mass is 1570 g/mol. The molecule has 630 valence electrons. The van der Waals surface area contributed by atoms with Gasteiger partial charge < -0.3 is 107 Å². The van der Waals surface area contributed by atoms with Gasteiger partial charge in [0.1, 0.15) is 0 Å². The van der Waals surface area contributed by atoms with E-state index >= 15 is 0 Å². The van der Waals surface area contributed by atoms with E-state index in [0.717, 1.165) is 25.9 Å². The zero-order valence-electron chi connectivity index (χ0n) is 72.1. The van der Waals surface area contributed by atoms with Crippen molar-refractivity contribution in [3.8, 4) is 35.7 Å². The Balaban J connectivity index is 0.000000666. The lowest BCUT2D eigenvalue weighted by molar-refractivity contribution is 0.0911. The largest absolute Gasteiger partial charge is 0.467 e. The summed E-state index contributed by atoms with van der Waals surface area (Å²) in [5.74, 6) is 3.99. The number of rotatable bonds is 38. The summed E-state index contributed by atoms with van der Waals surface area (Å²) in [5.41, 5.74) is 3.44. The highest BCUT2D eigenvalue weighted by molar-refractivity contribution is 5.96. The molecule has 0 aromatic carbocycles. The van der Waals surface area contributed by atoms with Gasteiger partial charge in [0.15, 0.2) is 34.2 Å². The molecule has 0 aliphatic rings. The van der Waals surface area contributed by atoms with Crippen LogP contribution >= 0.6 is 0 Å². The molecule has 0 fully saturated rings. The predicted molar refractivity (Wildman–Crippen MR) is 422 cm³/mol. The lowest BCUT2D eigenvalue weighted by Gasteiger charge is -2.30. The molecule has 34 nitrogen and oxygen atoms in total. The van der Waals surface area contributed by atoms with Crippen molar-refractivity contribution in [3.05, 3.63) is 69.1 Å². The highest BCUT2D eigenvalue weighted by Gasteiger charge is 2.27. The normalized spacial score (nSPS) is 12.7. The maximum Gasteiger partial charge on any atom is 0.314 e. The van der Waals surface area contributed by atoms with E-state index in [1.165, 1.54) is 60.9 Å². The fourth-order valence-corrected chi connectivity index (χ4v) is 11.3. The molecule has 6 aromatic heterocycles. The lowest BCUT2D eigenvalue weighted by Crippen LogP contribution is -2.45. The summed E-state index contributed by atoms with van der Waals surface area (Å²) in [4.78, 5) is 80.2. The van der Waals surface area contributed by atoms with Crippen LogP contribution in [0.1, 0.15) is 203 Å². The molecule has 34 heteroatoms. The summed E-state index contributed by atoms with van der Waals surface area (Å²) in [5, 5.41) is 39.4. The van der Waals surface area contributed by atoms with E-state index in [-0.39, 0.29) is 118 Å². The number of aromatic nitrogens is 6. The first-order valence-corrected chi connectivity index (χ1v) is 37.8. The maximum absolute atomic E-state index is 12.1. The zero-order chi connectivity index (χ0) is 84.5. The van der Waals surface area contributed by atoms with Crippen LogP contribution in [0, 0.1) is 68.1 Å². The molecular weight excluding hydrogens is 1440 g/mol. The summed E-state index contributed by atoms with van der Waals surface area (Å²) in [6, 6.07) is 5.56. The van der Waals surface area contributed by atoms with E-state index in [0.29, 0.717) is 115 Å². The van der Waals surface area contributed by atoms with Gasteiger partial charge in [-0.15, -0.1) is 0 Å². The summed E-state index contributed by atoms with van der Waals surface area (Å²) in [6.07, 6.45) is 2.08. The number of amides is 6. The standard InChI is InChI=1S/C14H25N3O3.2C13H23N3O3.C13H22N2O3.C12H21N3O3.C12H20N2O3/c1-7-17(5)11(9(2)3)8-15-13(18)12-10(4)14(19-6)20-16-12;1-8(2)10(16(4)5)7-14-12(17)11-9(3)13(18-6)19-15-11;1-6-16(4)11(9(2)3)8-14-13(17)10-7-12(18-5)19-15-10;1-6-10(8(2)3)7-14-12(16)11-9(4)13(17-5)18-15-11;1-8(2)10(15(3)4)7-13-12(16)9-6-11(17-5)18-14-9;1-5-9(8(2)3)7-13-12(15)10-6-11(16-4)17-14-10/h9,11H,7-8H2,1-6H3,(H,15,18);8,10H,7H2,1-6H3,(H,14,17);7,9,11H,6,8H2,1-5H3,(H,14,17);8,10H,6-7H2,1-5H3,(H,14,16);6,8,10H,7H2,1-5H3,(H,13,16);6,8-9H,5,7H2,1-4H3,(H,13,15). The van der Waals surface area contributed by atoms with Gasteiger partial charge in [0, 0.05) is 63.4 Å². The number of hydrogen-bond donors (Lipinski definition) is 6. The van der Waals surface area contributed by atoms with Gasteiger partial charge in [0.05, 0.1) is 77.5 Å². The third-order valence-electron chi connectivity index (χ3n) is 19.0. The summed E-state index contributed by atoms with van der Waals surface area (Å²) in [6.45, 7) is 44.9. The second-order valence-corrected chi connectivity index (χ2v) is 29.1. The predicted octanol–water partition coefficient (Wildman–Crippen LogP) is 9.89. The van der Waals surface area contributed by atoms with Crippen LogP contribution in [0.25, 0.3) is 0 Å². The van der Waals surface area contributed by atoms with Gasteiger partial charge >= 0.3 is 35.7 Å². The number of nitrogens with one attached hydrogen (secondary N) is 6. The van der Waals surface area contributed by atoms with Gasteiger partial charge in [-0.25, -0.2) is 0 Å². The number of hydrogen-bond acceptors (Lipinski definition) is 28. The minimum atomic E-state index is -0.255. The Kier molecular flexibility index (Phi) is 46.8. The second kappa shape index (κ2) is 52.0. The van der Waals surface area contributed by atoms with Crippen molar-refractivity contribution in [1.82, 2.24) is 82.4 Å². The second-order valence-electron chi connectivity index (χ2n) is 29.1. The van der Waals surface area contributed by atoms with Crippen LogP contribution in [0.2, 0.25) is 0 Å². The van der Waals surface area contributed by atoms with Crippen LogP contribution in [0.15, 0.2) is 45.3 Å². The molecule has 6 unspecified atom stereocenters. The Morgan fingerprint density at radius 3 is 0.757 bits per heavy atom. The first-order chi connectivity index (χ1) is 52.3. The fraction of sp³-hybridized carbons (Fsp3) is 0.688. The molecule has 6 atom stereocenters. The van der Waals surface area contributed by atoms with Crippen LogP contribution in [-0.4, -0.2) is 247 Å². The summed E-state index contributed by atoms with van der Waals surface area (Å²) < 4.78 is 58.6. The smallest absolute Gasteiger partial charge is 0.314 e. The third-order valence-corrected chi connectivity index (χ3v) is 19.0. The van der Waals surface area contributed by atoms with Crippen molar-refractivity contribution in [2.75, 3.05) is 137 Å². The molecule has 6 N–H and O–H groups in total. The Bertz CT molecular complexity index is 3590. The van der Waals surface area contributed by atoms with Gasteiger partial charge in [-0.2, -0.15) is 0 Å². The third kappa shape index (κ3) is 33.7. The van der Waals surface area contributed by atoms with E-state index in [1.807, 2.05) is 28.2 Å². The average Bonchev–Trinajstić information content (AvgIpc) is 1.72. The van der Waals surface area contributed by atoms with Crippen LogP contribution in [-0.2, 0) is 0 Å². The number of methoxy groups -OCH3 is 6. The van der Waals surface area contributed by atoms with Crippen molar-refractivity contribution in [3.63, 3.8) is 0 Å². The van der Waals surface area contributed by atoms with E-state index in [1.54, 1.807) is 20.8 Å². The molecule has 0 radical (unpaired) electrons. The first kappa shape index (κ1) is 99.7. The minimum Gasteiger partial charge on any atom is -0.467 e. The maximum atomic E-state index is 12.1. The lowest BCUT2D eigenvalue weighted by atomic mass is 9.93. The zero-order valence-corrected chi connectivity index (χ0v) is 72.1. The topological polar surface area (TPSA) is 399 Å². The SMILES string of the molecule is CCC(CNC(=O)c1cc(OC)on1)C(C)C.CCC(CNC(=O)c1noc(OC)c1C)C(C)C.CCN(C)C(CNC(=O)c1cc(OC)on1)C(C)C.CCN(C)C(CNC(=O)c1noc(OC)c1C)C(C)C.COc1cc(C(=O)NCC(C(C)C)N(C)C)no1.COc1onc(C(=O)NCC(C(C)C)N(C)C)c1C. The Morgan fingerprint density at radius 1 is 0.333 bits per heavy atom. The molecule has 0 saturated heterocycles. The Morgan fingerprint density at radius 2 is 0.568 bits per heavy atom. The highest BCUT2D eigenvalue weighted by Crippen LogP contribution is 2.24. The number of nitrogens with zero attached hydrogens (tertiary/aromatic N) is 10. The molecule has 0 bridgehead atoms. The summed E-state index contributed by atoms with van der Waals surface area (Å²) in [7, 11) is 21.0. The average molecular weight is 1570 g/mol. The Hall–Kier alpha value is -9.28. The molecule has 0 saturated carbocycles. The Labute approximate surface area is 657 Å². The molecule has 6 heterocycles. The number of carbonyl (C=O) groups excluding carboxylic acids is 6. The van der Waals surface area contributed by atoms with E-state index in [4.69, 9.17) is 55.6 Å². The van der Waals surface area contributed by atoms with E-state index < -0.39 is 0 Å². The molecule has 0 spiro atoms. The van der Waals surface area contributed by atoms with Crippen molar-refractivity contribution in [2.45, 2.75) is 169 Å². The molecular formula is C77H134N16O18. The van der Waals surface area contributed by atoms with Crippen LogP contribution in [0.3, 0.4) is 0 Å². The molecule has 6 rings (SSSR count). The van der Waals surface area contributed by atoms with Gasteiger partial charge in [0.25, 0.3) is 35.4 Å². The summed E-state index contributed by atoms with van der Waals surface area (Å²) >= 11 is 0. The van der Waals surface area contributed by atoms with Crippen LogP contribution in [0.4, 0.5) is 0 Å². The van der Waals surface area contributed by atoms with E-state index in [9.17, 15) is 28.8 Å². The van der Waals surface area contributed by atoms with Gasteiger partial charge in [-0.3, -0.25) is 28.8 Å². The van der Waals surface area contributed by atoms with Gasteiger partial charge in [-0.1, -0.05) is 155 Å². The minimum absolute atomic E-state index is 0.210. The van der Waals surface area contributed by atoms with Crippen LogP contribution in [0.5, 0.6) is 35.7 Å². The molecule has 0 aliphatic heterocycles. The van der Waals surface area contributed by atoms with Gasteiger partial charge in [-0.05, 0) is 123 Å². The quantitative estimate of drug-likeness (QED) is 0.0210. The van der Waals surface area contributed by atoms with Crippen molar-refractivity contribution >= 4 is 35.4 Å². The number of likely N-dealkylation sites (N-methyl/N-ethyl adjacent to an activating group) is 4. The molecule has 0 aliphatic carbocycles. The van der Waals surface area contributed by atoms with Crippen molar-refractivity contribution < 1.29 is 84.3 Å². The van der Waals surface area contributed by atoms with Crippen LogP contribution < -0.4 is 60.3 Å². The van der Waals surface area contributed by atoms with Crippen molar-refractivity contribution in [1.29, 1.82) is 0 Å².